The van der Waals surface area contributed by atoms with Gasteiger partial charge in [0, 0.05) is 6.61 Å². The van der Waals surface area contributed by atoms with Crippen LogP contribution in [0.5, 0.6) is 0 Å². The molecule has 0 bridgehead atoms. The lowest BCUT2D eigenvalue weighted by atomic mass is 9.97. The zero-order chi connectivity index (χ0) is 25.8. The summed E-state index contributed by atoms with van der Waals surface area (Å²) < 4.78 is 22.0. The van der Waals surface area contributed by atoms with Crippen LogP contribution in [0, 0.1) is 0 Å². The lowest BCUT2D eigenvalue weighted by Crippen LogP contribution is -2.64. The molecule has 0 amide bonds. The molecule has 11 heteroatoms. The quantitative estimate of drug-likeness (QED) is 0.134. The minimum atomic E-state index is -1.69. The first-order valence-electron chi connectivity index (χ1n) is 13.1. The van der Waals surface area contributed by atoms with Crippen molar-refractivity contribution >= 4 is 0 Å². The monoisotopic (exact) mass is 510 g/mol. The van der Waals surface area contributed by atoms with Gasteiger partial charge in [-0.15, -0.1) is 0 Å². The lowest BCUT2D eigenvalue weighted by Gasteiger charge is -2.45. The van der Waals surface area contributed by atoms with Gasteiger partial charge in [-0.1, -0.05) is 64.7 Å². The van der Waals surface area contributed by atoms with E-state index in [9.17, 15) is 35.7 Å². The number of aliphatic hydroxyl groups is 7. The molecular weight excluding hydrogens is 464 g/mol. The van der Waals surface area contributed by atoms with E-state index in [1.165, 1.54) is 44.9 Å². The number of unbranched alkanes of at least 4 members (excludes halogenated alkanes) is 9. The third-order valence-corrected chi connectivity index (χ3v) is 6.74. The van der Waals surface area contributed by atoms with E-state index in [0.29, 0.717) is 6.61 Å². The Bertz CT molecular complexity index is 550. The normalized spacial score (nSPS) is 38.1. The van der Waals surface area contributed by atoms with E-state index < -0.39 is 74.6 Å². The predicted molar refractivity (Wildman–Crippen MR) is 124 cm³/mol. The van der Waals surface area contributed by atoms with Crippen molar-refractivity contribution < 1.29 is 54.7 Å². The molecular formula is C24H46O11. The topological polar surface area (TPSA) is 179 Å². The van der Waals surface area contributed by atoms with E-state index in [4.69, 9.17) is 18.9 Å². The van der Waals surface area contributed by atoms with Gasteiger partial charge in [0.15, 0.2) is 12.6 Å². The van der Waals surface area contributed by atoms with E-state index in [0.717, 1.165) is 19.3 Å². The van der Waals surface area contributed by atoms with Gasteiger partial charge in [-0.2, -0.15) is 0 Å². The van der Waals surface area contributed by atoms with Gasteiger partial charge < -0.3 is 54.7 Å². The molecule has 0 aromatic carbocycles. The summed E-state index contributed by atoms with van der Waals surface area (Å²) in [7, 11) is 0. The second-order valence-corrected chi connectivity index (χ2v) is 9.56. The van der Waals surface area contributed by atoms with Gasteiger partial charge in [-0.05, 0) is 6.42 Å². The van der Waals surface area contributed by atoms with Crippen LogP contribution in [-0.4, -0.2) is 117 Å². The molecule has 2 rings (SSSR count). The molecule has 0 aromatic heterocycles. The molecule has 2 aliphatic heterocycles. The number of rotatable bonds is 16. The Hall–Kier alpha value is -0.440. The second-order valence-electron chi connectivity index (χ2n) is 9.56. The Balaban J connectivity index is 1.74. The smallest absolute Gasteiger partial charge is 0.187 e. The summed E-state index contributed by atoms with van der Waals surface area (Å²) >= 11 is 0. The van der Waals surface area contributed by atoms with Crippen LogP contribution in [0.15, 0.2) is 0 Å². The van der Waals surface area contributed by atoms with E-state index in [1.807, 2.05) is 0 Å². The van der Waals surface area contributed by atoms with Gasteiger partial charge in [0.05, 0.1) is 13.2 Å². The molecule has 2 heterocycles. The van der Waals surface area contributed by atoms with Crippen LogP contribution < -0.4 is 0 Å². The van der Waals surface area contributed by atoms with Crippen LogP contribution in [0.4, 0.5) is 0 Å². The second kappa shape index (κ2) is 16.4. The van der Waals surface area contributed by atoms with Crippen LogP contribution in [-0.2, 0) is 18.9 Å². The van der Waals surface area contributed by atoms with E-state index >= 15 is 0 Å². The highest BCUT2D eigenvalue weighted by molar-refractivity contribution is 4.94. The summed E-state index contributed by atoms with van der Waals surface area (Å²) in [6.07, 6.45) is -2.63. The van der Waals surface area contributed by atoms with Crippen LogP contribution in [0.25, 0.3) is 0 Å². The fraction of sp³-hybridized carbons (Fsp3) is 1.00. The Morgan fingerprint density at radius 1 is 0.571 bits per heavy atom. The molecule has 2 aliphatic rings. The Kier molecular flexibility index (Phi) is 14.4. The molecule has 0 saturated carbocycles. The summed E-state index contributed by atoms with van der Waals surface area (Å²) in [5.41, 5.74) is 0. The number of hydrogen-bond acceptors (Lipinski definition) is 11. The molecule has 0 radical (unpaired) electrons. The van der Waals surface area contributed by atoms with E-state index in [-0.39, 0.29) is 0 Å². The molecule has 0 aliphatic carbocycles. The third-order valence-electron chi connectivity index (χ3n) is 6.74. The molecule has 10 atom stereocenters. The number of hydrogen-bond donors (Lipinski definition) is 7. The minimum Gasteiger partial charge on any atom is -0.394 e. The molecule has 0 spiro atoms. The van der Waals surface area contributed by atoms with Gasteiger partial charge >= 0.3 is 0 Å². The van der Waals surface area contributed by atoms with Gasteiger partial charge in [-0.25, -0.2) is 0 Å². The third kappa shape index (κ3) is 9.11. The highest BCUT2D eigenvalue weighted by Crippen LogP contribution is 2.29. The zero-order valence-electron chi connectivity index (χ0n) is 20.7. The number of aliphatic hydroxyl groups excluding tert-OH is 7. The van der Waals surface area contributed by atoms with Crippen molar-refractivity contribution in [1.29, 1.82) is 0 Å². The van der Waals surface area contributed by atoms with Crippen LogP contribution in [0.1, 0.15) is 71.1 Å². The summed E-state index contributed by atoms with van der Waals surface area (Å²) in [4.78, 5) is 0. The highest BCUT2D eigenvalue weighted by Gasteiger charge is 2.50. The Labute approximate surface area is 207 Å². The fourth-order valence-electron chi connectivity index (χ4n) is 4.48. The van der Waals surface area contributed by atoms with Gasteiger partial charge in [-0.3, -0.25) is 0 Å². The average Bonchev–Trinajstić information content (AvgIpc) is 2.86. The maximum Gasteiger partial charge on any atom is 0.187 e. The largest absolute Gasteiger partial charge is 0.394 e. The molecule has 2 saturated heterocycles. The van der Waals surface area contributed by atoms with Gasteiger partial charge in [0.1, 0.15) is 48.8 Å². The highest BCUT2D eigenvalue weighted by atomic mass is 16.7. The van der Waals surface area contributed by atoms with E-state index in [2.05, 4.69) is 6.92 Å². The zero-order valence-corrected chi connectivity index (χ0v) is 20.7. The summed E-state index contributed by atoms with van der Waals surface area (Å²) in [5.74, 6) is 0. The first-order chi connectivity index (χ1) is 16.8. The van der Waals surface area contributed by atoms with Crippen LogP contribution in [0.2, 0.25) is 0 Å². The SMILES string of the molecule is CCCCCCCCCCCCOC1OC(CO)[C@@H](OC2OC(CO)[C@H](O)C(O)[C@@H]2O)C(O)[C@@H]1O. The lowest BCUT2D eigenvalue weighted by molar-refractivity contribution is -0.359. The van der Waals surface area contributed by atoms with Crippen molar-refractivity contribution in [3.63, 3.8) is 0 Å². The molecule has 11 nitrogen and oxygen atoms in total. The van der Waals surface area contributed by atoms with Gasteiger partial charge in [0.2, 0.25) is 0 Å². The summed E-state index contributed by atoms with van der Waals surface area (Å²) in [6, 6.07) is 0. The van der Waals surface area contributed by atoms with Crippen molar-refractivity contribution in [3.05, 3.63) is 0 Å². The number of ether oxygens (including phenoxy) is 4. The van der Waals surface area contributed by atoms with Crippen molar-refractivity contribution in [3.8, 4) is 0 Å². The maximum absolute atomic E-state index is 10.6. The molecule has 7 N–H and O–H groups in total. The molecule has 208 valence electrons. The van der Waals surface area contributed by atoms with Crippen molar-refractivity contribution in [2.75, 3.05) is 19.8 Å². The van der Waals surface area contributed by atoms with Crippen molar-refractivity contribution in [2.45, 2.75) is 133 Å². The Morgan fingerprint density at radius 3 is 1.66 bits per heavy atom. The molecule has 2 fully saturated rings. The molecule has 35 heavy (non-hydrogen) atoms. The summed E-state index contributed by atoms with van der Waals surface area (Å²) in [5, 5.41) is 70.1. The van der Waals surface area contributed by atoms with E-state index in [1.54, 1.807) is 0 Å². The maximum atomic E-state index is 10.6. The fourth-order valence-corrected chi connectivity index (χ4v) is 4.48. The Morgan fingerprint density at radius 2 is 1.09 bits per heavy atom. The standard InChI is InChI=1S/C24H46O11/c1-2-3-4-5-6-7-8-9-10-11-12-32-23-21(31)19(29)22(16(14-26)34-23)35-24-20(30)18(28)17(27)15(13-25)33-24/h15-31H,2-14H2,1H3/t15?,16?,17-,18?,19?,20-,21-,22+,23?,24?/m0/s1. The van der Waals surface area contributed by atoms with Crippen molar-refractivity contribution in [1.82, 2.24) is 0 Å². The first kappa shape index (κ1) is 30.8. The van der Waals surface area contributed by atoms with Crippen LogP contribution >= 0.6 is 0 Å². The molecule has 0 aromatic rings. The van der Waals surface area contributed by atoms with Gasteiger partial charge in [0.25, 0.3) is 0 Å². The van der Waals surface area contributed by atoms with Crippen molar-refractivity contribution in [2.24, 2.45) is 0 Å². The van der Waals surface area contributed by atoms with Crippen LogP contribution in [0.3, 0.4) is 0 Å². The predicted octanol–water partition coefficient (Wildman–Crippen LogP) is -0.452. The minimum absolute atomic E-state index is 0.321. The average molecular weight is 511 g/mol. The summed E-state index contributed by atoms with van der Waals surface area (Å²) in [6.45, 7) is 1.31. The first-order valence-corrected chi connectivity index (χ1v) is 13.1. The molecule has 6 unspecified atom stereocenters.